The van der Waals surface area contributed by atoms with E-state index in [9.17, 15) is 9.59 Å². The van der Waals surface area contributed by atoms with Crippen LogP contribution in [0.2, 0.25) is 15.1 Å². The van der Waals surface area contributed by atoms with Crippen molar-refractivity contribution in [2.24, 2.45) is 0 Å². The summed E-state index contributed by atoms with van der Waals surface area (Å²) in [6.07, 6.45) is -0.759. The average molecular weight is 523 g/mol. The number of anilines is 2. The monoisotopic (exact) mass is 521 g/mol. The van der Waals surface area contributed by atoms with Gasteiger partial charge in [0, 0.05) is 16.4 Å². The lowest BCUT2D eigenvalue weighted by Crippen LogP contribution is -2.34. The number of ether oxygens (including phenoxy) is 1. The minimum absolute atomic E-state index is 0.0876. The number of halogens is 3. The summed E-state index contributed by atoms with van der Waals surface area (Å²) in [6.45, 7) is 1.63. The summed E-state index contributed by atoms with van der Waals surface area (Å²) in [5.41, 5.74) is 1.42. The molecule has 0 aliphatic heterocycles. The van der Waals surface area contributed by atoms with Gasteiger partial charge in [-0.1, -0.05) is 46.9 Å². The number of thiocarbonyl (C=S) groups is 1. The van der Waals surface area contributed by atoms with E-state index < -0.39 is 12.0 Å². The van der Waals surface area contributed by atoms with E-state index in [-0.39, 0.29) is 21.6 Å². The van der Waals surface area contributed by atoms with Gasteiger partial charge in [-0.05, 0) is 73.7 Å². The molecule has 33 heavy (non-hydrogen) atoms. The van der Waals surface area contributed by atoms with Gasteiger partial charge in [0.05, 0.1) is 15.6 Å². The van der Waals surface area contributed by atoms with Crippen molar-refractivity contribution in [3.05, 3.63) is 87.4 Å². The molecule has 0 aliphatic carbocycles. The number of hydrogen-bond acceptors (Lipinski definition) is 4. The lowest BCUT2D eigenvalue weighted by Gasteiger charge is -2.16. The zero-order valence-corrected chi connectivity index (χ0v) is 20.3. The van der Waals surface area contributed by atoms with E-state index in [1.54, 1.807) is 61.5 Å². The summed E-state index contributed by atoms with van der Waals surface area (Å²) in [5, 5.41) is 9.36. The van der Waals surface area contributed by atoms with Crippen molar-refractivity contribution < 1.29 is 14.3 Å². The molecule has 3 rings (SSSR count). The Labute approximate surface area is 211 Å². The molecule has 6 nitrogen and oxygen atoms in total. The van der Waals surface area contributed by atoms with E-state index in [0.29, 0.717) is 27.2 Å². The number of rotatable bonds is 6. The largest absolute Gasteiger partial charge is 0.479 e. The highest BCUT2D eigenvalue weighted by molar-refractivity contribution is 7.80. The van der Waals surface area contributed by atoms with Gasteiger partial charge in [-0.25, -0.2) is 0 Å². The predicted molar refractivity (Wildman–Crippen MR) is 137 cm³/mol. The number of carbonyl (C=O) groups excluding carboxylic acids is 2. The fourth-order valence-electron chi connectivity index (χ4n) is 2.67. The SMILES string of the molecule is CC(Oc1ccccc1Cl)C(=O)Nc1ccc(NC(=S)NC(=O)c2ccc(Cl)cc2Cl)cc1. The highest BCUT2D eigenvalue weighted by Gasteiger charge is 2.16. The molecule has 3 aromatic rings. The van der Waals surface area contributed by atoms with Crippen LogP contribution in [0.25, 0.3) is 0 Å². The molecule has 0 heterocycles. The molecule has 0 bridgehead atoms. The maximum Gasteiger partial charge on any atom is 0.265 e. The van der Waals surface area contributed by atoms with Crippen molar-refractivity contribution in [3.63, 3.8) is 0 Å². The van der Waals surface area contributed by atoms with Crippen LogP contribution in [0, 0.1) is 0 Å². The summed E-state index contributed by atoms with van der Waals surface area (Å²) in [7, 11) is 0. The number of nitrogens with one attached hydrogen (secondary N) is 3. The molecule has 170 valence electrons. The van der Waals surface area contributed by atoms with E-state index in [1.807, 2.05) is 0 Å². The number of amides is 2. The molecule has 0 aliphatic rings. The van der Waals surface area contributed by atoms with Gasteiger partial charge >= 0.3 is 0 Å². The lowest BCUT2D eigenvalue weighted by molar-refractivity contribution is -0.122. The summed E-state index contributed by atoms with van der Waals surface area (Å²) < 4.78 is 5.61. The topological polar surface area (TPSA) is 79.5 Å². The standard InChI is InChI=1S/C23H18Cl3N3O3S/c1-13(32-20-5-3-2-4-18(20)25)21(30)27-15-7-9-16(10-8-15)28-23(33)29-22(31)17-11-6-14(24)12-19(17)26/h2-13H,1H3,(H,27,30)(H2,28,29,31,33). The Morgan fingerprint density at radius 2 is 1.52 bits per heavy atom. The van der Waals surface area contributed by atoms with Crippen molar-refractivity contribution in [1.82, 2.24) is 5.32 Å². The molecule has 3 N–H and O–H groups in total. The van der Waals surface area contributed by atoms with Gasteiger partial charge in [0.2, 0.25) is 0 Å². The summed E-state index contributed by atoms with van der Waals surface area (Å²) in [4.78, 5) is 24.7. The van der Waals surface area contributed by atoms with Crippen LogP contribution < -0.4 is 20.7 Å². The van der Waals surface area contributed by atoms with Crippen molar-refractivity contribution in [3.8, 4) is 5.75 Å². The van der Waals surface area contributed by atoms with E-state index in [1.165, 1.54) is 12.1 Å². The van der Waals surface area contributed by atoms with Gasteiger partial charge in [-0.3, -0.25) is 14.9 Å². The molecule has 0 spiro atoms. The maximum atomic E-state index is 12.4. The zero-order valence-electron chi connectivity index (χ0n) is 17.2. The molecule has 1 unspecified atom stereocenters. The molecule has 0 aromatic heterocycles. The van der Waals surface area contributed by atoms with Crippen LogP contribution in [0.4, 0.5) is 11.4 Å². The molecule has 0 radical (unpaired) electrons. The summed E-state index contributed by atoms with van der Waals surface area (Å²) >= 11 is 23.1. The lowest BCUT2D eigenvalue weighted by atomic mass is 10.2. The van der Waals surface area contributed by atoms with E-state index in [0.717, 1.165) is 0 Å². The van der Waals surface area contributed by atoms with Gasteiger partial charge in [-0.2, -0.15) is 0 Å². The second kappa shape index (κ2) is 11.3. The molecule has 0 saturated heterocycles. The van der Waals surface area contributed by atoms with Crippen molar-refractivity contribution in [2.45, 2.75) is 13.0 Å². The van der Waals surface area contributed by atoms with Crippen LogP contribution in [0.1, 0.15) is 17.3 Å². The molecule has 0 saturated carbocycles. The third kappa shape index (κ3) is 7.07. The number of benzene rings is 3. The number of para-hydroxylation sites is 1. The first-order valence-corrected chi connectivity index (χ1v) is 11.2. The van der Waals surface area contributed by atoms with E-state index >= 15 is 0 Å². The second-order valence-electron chi connectivity index (χ2n) is 6.79. The Morgan fingerprint density at radius 1 is 0.879 bits per heavy atom. The summed E-state index contributed by atoms with van der Waals surface area (Å²) in [6, 6.07) is 18.2. The molecular formula is C23H18Cl3N3O3S. The van der Waals surface area contributed by atoms with Crippen LogP contribution in [-0.4, -0.2) is 23.0 Å². The van der Waals surface area contributed by atoms with E-state index in [4.69, 9.17) is 51.8 Å². The van der Waals surface area contributed by atoms with Gasteiger partial charge in [0.15, 0.2) is 11.2 Å². The summed E-state index contributed by atoms with van der Waals surface area (Å²) in [5.74, 6) is -0.374. The highest BCUT2D eigenvalue weighted by atomic mass is 35.5. The molecule has 1 atom stereocenters. The van der Waals surface area contributed by atoms with Crippen LogP contribution in [0.3, 0.4) is 0 Å². The van der Waals surface area contributed by atoms with Crippen LogP contribution in [0.5, 0.6) is 5.75 Å². The number of carbonyl (C=O) groups is 2. The normalized spacial score (nSPS) is 11.3. The third-order valence-corrected chi connectivity index (χ3v) is 5.39. The third-order valence-electron chi connectivity index (χ3n) is 4.32. The van der Waals surface area contributed by atoms with Gasteiger partial charge < -0.3 is 15.4 Å². The molecule has 2 amide bonds. The van der Waals surface area contributed by atoms with Crippen LogP contribution in [-0.2, 0) is 4.79 Å². The van der Waals surface area contributed by atoms with Gasteiger partial charge in [0.25, 0.3) is 11.8 Å². The Balaban J connectivity index is 1.53. The van der Waals surface area contributed by atoms with Crippen LogP contribution >= 0.6 is 47.0 Å². The smallest absolute Gasteiger partial charge is 0.265 e. The zero-order chi connectivity index (χ0) is 24.0. The number of hydrogen-bond donors (Lipinski definition) is 3. The first-order chi connectivity index (χ1) is 15.7. The van der Waals surface area contributed by atoms with E-state index in [2.05, 4.69) is 16.0 Å². The predicted octanol–water partition coefficient (Wildman–Crippen LogP) is 6.18. The van der Waals surface area contributed by atoms with Gasteiger partial charge in [-0.15, -0.1) is 0 Å². The van der Waals surface area contributed by atoms with Crippen molar-refractivity contribution in [1.29, 1.82) is 0 Å². The Bertz CT molecular complexity index is 1190. The molecule has 3 aromatic carbocycles. The average Bonchev–Trinajstić information content (AvgIpc) is 2.76. The minimum atomic E-state index is -0.759. The Hall–Kier alpha value is -2.84. The fourth-order valence-corrected chi connectivity index (χ4v) is 3.56. The second-order valence-corrected chi connectivity index (χ2v) is 8.45. The molecule has 10 heteroatoms. The quantitative estimate of drug-likeness (QED) is 0.337. The highest BCUT2D eigenvalue weighted by Crippen LogP contribution is 2.25. The minimum Gasteiger partial charge on any atom is -0.479 e. The Kier molecular flexibility index (Phi) is 8.52. The van der Waals surface area contributed by atoms with Crippen molar-refractivity contribution in [2.75, 3.05) is 10.6 Å². The molecular weight excluding hydrogens is 505 g/mol. The van der Waals surface area contributed by atoms with Crippen molar-refractivity contribution >= 4 is 75.3 Å². The fraction of sp³-hybridized carbons (Fsp3) is 0.0870. The van der Waals surface area contributed by atoms with Crippen LogP contribution in [0.15, 0.2) is 66.7 Å². The Morgan fingerprint density at radius 3 is 2.15 bits per heavy atom. The first kappa shape index (κ1) is 24.8. The molecule has 0 fully saturated rings. The first-order valence-electron chi connectivity index (χ1n) is 9.62. The van der Waals surface area contributed by atoms with Gasteiger partial charge in [0.1, 0.15) is 5.75 Å². The maximum absolute atomic E-state index is 12.4.